The lowest BCUT2D eigenvalue weighted by Crippen LogP contribution is -2.29. The first-order valence-corrected chi connectivity index (χ1v) is 5.13. The van der Waals surface area contributed by atoms with E-state index in [1.165, 1.54) is 39.2 Å². The summed E-state index contributed by atoms with van der Waals surface area (Å²) in [4.78, 5) is 11.3. The summed E-state index contributed by atoms with van der Waals surface area (Å²) < 4.78 is 4.74. The Morgan fingerprint density at radius 1 is 1.38 bits per heavy atom. The van der Waals surface area contributed by atoms with E-state index in [1.807, 2.05) is 0 Å². The fraction of sp³-hybridized carbons (Fsp3) is 0.727. The van der Waals surface area contributed by atoms with E-state index >= 15 is 0 Å². The number of methoxy groups -OCH3 is 1. The lowest BCUT2D eigenvalue weighted by Gasteiger charge is -2.33. The first kappa shape index (κ1) is 8.79. The average molecular weight is 180 g/mol. The highest BCUT2D eigenvalue weighted by Crippen LogP contribution is 2.43. The van der Waals surface area contributed by atoms with Gasteiger partial charge in [-0.3, -0.25) is 0 Å². The second-order valence-electron chi connectivity index (χ2n) is 4.02. The van der Waals surface area contributed by atoms with Crippen molar-refractivity contribution in [3.05, 3.63) is 11.6 Å². The zero-order chi connectivity index (χ0) is 9.26. The largest absolute Gasteiger partial charge is 0.466 e. The summed E-state index contributed by atoms with van der Waals surface area (Å²) in [5.74, 6) is 1.09. The van der Waals surface area contributed by atoms with Gasteiger partial charge in [0, 0.05) is 5.57 Å². The minimum absolute atomic E-state index is 0.108. The third-order valence-electron chi connectivity index (χ3n) is 3.28. The summed E-state index contributed by atoms with van der Waals surface area (Å²) in [6, 6.07) is 0. The number of carbonyl (C=O) groups excluding carboxylic acids is 1. The topological polar surface area (TPSA) is 26.3 Å². The lowest BCUT2D eigenvalue weighted by molar-refractivity contribution is -0.137. The zero-order valence-electron chi connectivity index (χ0n) is 8.08. The summed E-state index contributed by atoms with van der Waals surface area (Å²) in [5, 5.41) is 0. The number of allylic oxidation sites excluding steroid dienone is 1. The van der Waals surface area contributed by atoms with Crippen molar-refractivity contribution in [2.24, 2.45) is 11.8 Å². The van der Waals surface area contributed by atoms with Crippen LogP contribution >= 0.6 is 0 Å². The van der Waals surface area contributed by atoms with Crippen molar-refractivity contribution >= 4 is 5.97 Å². The van der Waals surface area contributed by atoms with Crippen LogP contribution in [0.1, 0.15) is 32.1 Å². The van der Waals surface area contributed by atoms with Crippen LogP contribution in [0, 0.1) is 11.8 Å². The molecule has 2 atom stereocenters. The fourth-order valence-electron chi connectivity index (χ4n) is 2.49. The van der Waals surface area contributed by atoms with E-state index < -0.39 is 0 Å². The second-order valence-corrected chi connectivity index (χ2v) is 4.02. The number of rotatable bonds is 1. The van der Waals surface area contributed by atoms with Crippen LogP contribution in [0.4, 0.5) is 0 Å². The molecular weight excluding hydrogens is 164 g/mol. The maximum absolute atomic E-state index is 11.3. The molecule has 0 radical (unpaired) electrons. The molecule has 0 aromatic carbocycles. The Labute approximate surface area is 79.0 Å². The van der Waals surface area contributed by atoms with Crippen LogP contribution in [0.5, 0.6) is 0 Å². The highest BCUT2D eigenvalue weighted by molar-refractivity contribution is 5.90. The normalized spacial score (nSPS) is 32.2. The van der Waals surface area contributed by atoms with Crippen LogP contribution in [-0.4, -0.2) is 13.1 Å². The van der Waals surface area contributed by atoms with Gasteiger partial charge >= 0.3 is 5.97 Å². The van der Waals surface area contributed by atoms with E-state index in [0.717, 1.165) is 5.57 Å². The number of ether oxygens (including phenoxy) is 1. The predicted octanol–water partition coefficient (Wildman–Crippen LogP) is 2.30. The van der Waals surface area contributed by atoms with Crippen LogP contribution in [0.15, 0.2) is 11.6 Å². The standard InChI is InChI=1S/C11H16O2/c1-13-11(12)10-7-8-5-3-2-4-6-9(8)10/h7-9H,2-6H2,1H3/t8-,9-/m0/s1. The van der Waals surface area contributed by atoms with Crippen molar-refractivity contribution in [3.8, 4) is 0 Å². The predicted molar refractivity (Wildman–Crippen MR) is 50.2 cm³/mol. The maximum Gasteiger partial charge on any atom is 0.333 e. The molecule has 1 fully saturated rings. The molecule has 0 aliphatic heterocycles. The summed E-state index contributed by atoms with van der Waals surface area (Å²) in [6.07, 6.45) is 8.50. The van der Waals surface area contributed by atoms with E-state index in [0.29, 0.717) is 11.8 Å². The maximum atomic E-state index is 11.3. The summed E-state index contributed by atoms with van der Waals surface area (Å²) >= 11 is 0. The summed E-state index contributed by atoms with van der Waals surface area (Å²) in [7, 11) is 1.47. The Kier molecular flexibility index (Phi) is 2.38. The van der Waals surface area contributed by atoms with Crippen LogP contribution < -0.4 is 0 Å². The average Bonchev–Trinajstić information content (AvgIpc) is 2.29. The molecule has 0 aromatic rings. The molecule has 0 N–H and O–H groups in total. The van der Waals surface area contributed by atoms with Crippen LogP contribution in [0.3, 0.4) is 0 Å². The number of hydrogen-bond acceptors (Lipinski definition) is 2. The lowest BCUT2D eigenvalue weighted by atomic mass is 9.72. The molecule has 2 aliphatic rings. The third kappa shape index (κ3) is 1.50. The smallest absolute Gasteiger partial charge is 0.333 e. The van der Waals surface area contributed by atoms with Crippen LogP contribution in [0.25, 0.3) is 0 Å². The molecule has 0 saturated heterocycles. The van der Waals surface area contributed by atoms with Gasteiger partial charge in [-0.2, -0.15) is 0 Å². The van der Waals surface area contributed by atoms with Gasteiger partial charge in [0.25, 0.3) is 0 Å². The van der Waals surface area contributed by atoms with Gasteiger partial charge in [-0.25, -0.2) is 4.79 Å². The number of fused-ring (bicyclic) bond motifs is 1. The van der Waals surface area contributed by atoms with Crippen molar-refractivity contribution in [3.63, 3.8) is 0 Å². The molecule has 2 rings (SSSR count). The molecule has 2 nitrogen and oxygen atoms in total. The Morgan fingerprint density at radius 2 is 2.15 bits per heavy atom. The van der Waals surface area contributed by atoms with Crippen molar-refractivity contribution < 1.29 is 9.53 Å². The first-order valence-electron chi connectivity index (χ1n) is 5.13. The van der Waals surface area contributed by atoms with E-state index in [4.69, 9.17) is 4.74 Å². The molecule has 2 aliphatic carbocycles. The molecule has 0 heterocycles. The molecule has 0 aromatic heterocycles. The number of esters is 1. The quantitative estimate of drug-likeness (QED) is 0.579. The molecule has 0 bridgehead atoms. The Hall–Kier alpha value is -0.790. The van der Waals surface area contributed by atoms with Gasteiger partial charge in [0.1, 0.15) is 0 Å². The number of carbonyl (C=O) groups is 1. The highest BCUT2D eigenvalue weighted by atomic mass is 16.5. The van der Waals surface area contributed by atoms with Crippen molar-refractivity contribution in [1.29, 1.82) is 0 Å². The Bertz CT molecular complexity index is 242. The van der Waals surface area contributed by atoms with Gasteiger partial charge in [-0.1, -0.05) is 25.3 Å². The molecule has 13 heavy (non-hydrogen) atoms. The Morgan fingerprint density at radius 3 is 2.92 bits per heavy atom. The summed E-state index contributed by atoms with van der Waals surface area (Å²) in [5.41, 5.74) is 0.939. The first-order chi connectivity index (χ1) is 6.33. The van der Waals surface area contributed by atoms with E-state index in [-0.39, 0.29) is 5.97 Å². The monoisotopic (exact) mass is 180 g/mol. The summed E-state index contributed by atoms with van der Waals surface area (Å²) in [6.45, 7) is 0. The zero-order valence-corrected chi connectivity index (χ0v) is 8.08. The highest BCUT2D eigenvalue weighted by Gasteiger charge is 2.37. The molecule has 72 valence electrons. The van der Waals surface area contributed by atoms with Crippen LogP contribution in [0.2, 0.25) is 0 Å². The van der Waals surface area contributed by atoms with E-state index in [1.54, 1.807) is 0 Å². The van der Waals surface area contributed by atoms with E-state index in [2.05, 4.69) is 6.08 Å². The minimum Gasteiger partial charge on any atom is -0.466 e. The second kappa shape index (κ2) is 3.52. The molecular formula is C11H16O2. The molecule has 2 heteroatoms. The number of hydrogen-bond donors (Lipinski definition) is 0. The van der Waals surface area contributed by atoms with Gasteiger partial charge in [-0.05, 0) is 24.7 Å². The Balaban J connectivity index is 2.05. The van der Waals surface area contributed by atoms with Crippen molar-refractivity contribution in [2.45, 2.75) is 32.1 Å². The van der Waals surface area contributed by atoms with Gasteiger partial charge in [0.05, 0.1) is 7.11 Å². The molecule has 0 amide bonds. The molecule has 0 unspecified atom stereocenters. The molecule has 1 saturated carbocycles. The van der Waals surface area contributed by atoms with Gasteiger partial charge in [0.15, 0.2) is 0 Å². The van der Waals surface area contributed by atoms with E-state index in [9.17, 15) is 4.79 Å². The molecule has 0 spiro atoms. The minimum atomic E-state index is -0.108. The van der Waals surface area contributed by atoms with Crippen molar-refractivity contribution in [2.75, 3.05) is 7.11 Å². The van der Waals surface area contributed by atoms with Gasteiger partial charge < -0.3 is 4.74 Å². The third-order valence-corrected chi connectivity index (χ3v) is 3.28. The van der Waals surface area contributed by atoms with Gasteiger partial charge in [-0.15, -0.1) is 0 Å². The van der Waals surface area contributed by atoms with Crippen molar-refractivity contribution in [1.82, 2.24) is 0 Å². The van der Waals surface area contributed by atoms with Gasteiger partial charge in [0.2, 0.25) is 0 Å². The van der Waals surface area contributed by atoms with Crippen LogP contribution in [-0.2, 0) is 9.53 Å². The SMILES string of the molecule is COC(=O)C1=C[C@@H]2CCCCC[C@H]12. The fourth-order valence-corrected chi connectivity index (χ4v) is 2.49.